The minimum Gasteiger partial charge on any atom is -0.385 e. The summed E-state index contributed by atoms with van der Waals surface area (Å²) in [5.41, 5.74) is 6.16. The standard InChI is InChI=1S/C12H21N5O2/c1-18-8-3-6-17(7-9-19-2)12-10(11(13)14)4-5-15-16-12/h4-5H,3,6-9H2,1-2H3,(H3,13,14). The Hall–Kier alpha value is -1.73. The van der Waals surface area contributed by atoms with Crippen molar-refractivity contribution in [2.45, 2.75) is 6.42 Å². The number of nitrogen functional groups attached to an aromatic ring is 1. The number of aromatic nitrogens is 2. The molecule has 0 aliphatic heterocycles. The molecule has 0 radical (unpaired) electrons. The number of methoxy groups -OCH3 is 2. The first kappa shape index (κ1) is 15.3. The summed E-state index contributed by atoms with van der Waals surface area (Å²) in [5, 5.41) is 15.5. The minimum absolute atomic E-state index is 0.0148. The lowest BCUT2D eigenvalue weighted by Gasteiger charge is -2.24. The summed E-state index contributed by atoms with van der Waals surface area (Å²) < 4.78 is 10.1. The zero-order valence-corrected chi connectivity index (χ0v) is 11.4. The van der Waals surface area contributed by atoms with Crippen LogP contribution in [0.15, 0.2) is 12.3 Å². The molecule has 0 unspecified atom stereocenters. The molecule has 1 aromatic rings. The Kier molecular flexibility index (Phi) is 6.76. The number of ether oxygens (including phenoxy) is 2. The normalized spacial score (nSPS) is 10.4. The van der Waals surface area contributed by atoms with Crippen LogP contribution in [-0.2, 0) is 9.47 Å². The van der Waals surface area contributed by atoms with Gasteiger partial charge in [0.05, 0.1) is 18.4 Å². The number of hydrogen-bond acceptors (Lipinski definition) is 6. The summed E-state index contributed by atoms with van der Waals surface area (Å²) in [6.45, 7) is 2.65. The Morgan fingerprint density at radius 3 is 2.68 bits per heavy atom. The fourth-order valence-electron chi connectivity index (χ4n) is 1.69. The lowest BCUT2D eigenvalue weighted by atomic mass is 10.2. The van der Waals surface area contributed by atoms with E-state index in [1.54, 1.807) is 20.3 Å². The van der Waals surface area contributed by atoms with Crippen molar-refractivity contribution >= 4 is 11.7 Å². The van der Waals surface area contributed by atoms with E-state index in [1.165, 1.54) is 6.20 Å². The van der Waals surface area contributed by atoms with Crippen LogP contribution < -0.4 is 10.6 Å². The molecule has 0 bridgehead atoms. The van der Waals surface area contributed by atoms with Crippen LogP contribution in [0.25, 0.3) is 0 Å². The molecule has 1 rings (SSSR count). The molecular formula is C12H21N5O2. The van der Waals surface area contributed by atoms with E-state index in [0.717, 1.165) is 13.0 Å². The molecule has 0 saturated carbocycles. The van der Waals surface area contributed by atoms with Crippen molar-refractivity contribution in [2.75, 3.05) is 45.4 Å². The number of anilines is 1. The van der Waals surface area contributed by atoms with Crippen molar-refractivity contribution in [3.05, 3.63) is 17.8 Å². The number of nitrogens with zero attached hydrogens (tertiary/aromatic N) is 3. The Bertz CT molecular complexity index is 399. The molecule has 7 heteroatoms. The van der Waals surface area contributed by atoms with Gasteiger partial charge in [0.2, 0.25) is 0 Å². The highest BCUT2D eigenvalue weighted by Gasteiger charge is 2.14. The van der Waals surface area contributed by atoms with Crippen molar-refractivity contribution in [3.63, 3.8) is 0 Å². The predicted octanol–water partition coefficient (Wildman–Crippen LogP) is 0.250. The van der Waals surface area contributed by atoms with E-state index in [4.69, 9.17) is 20.6 Å². The lowest BCUT2D eigenvalue weighted by molar-refractivity contribution is 0.191. The van der Waals surface area contributed by atoms with E-state index in [-0.39, 0.29) is 5.84 Å². The average molecular weight is 267 g/mol. The fourth-order valence-corrected chi connectivity index (χ4v) is 1.69. The van der Waals surface area contributed by atoms with Crippen LogP contribution in [0.2, 0.25) is 0 Å². The third kappa shape index (κ3) is 4.80. The molecule has 3 N–H and O–H groups in total. The van der Waals surface area contributed by atoms with E-state index in [9.17, 15) is 0 Å². The van der Waals surface area contributed by atoms with E-state index >= 15 is 0 Å². The summed E-state index contributed by atoms with van der Waals surface area (Å²) >= 11 is 0. The zero-order chi connectivity index (χ0) is 14.1. The van der Waals surface area contributed by atoms with Gasteiger partial charge < -0.3 is 20.1 Å². The molecule has 0 aromatic carbocycles. The smallest absolute Gasteiger partial charge is 0.162 e. The monoisotopic (exact) mass is 267 g/mol. The number of nitrogens with two attached hydrogens (primary N) is 1. The maximum Gasteiger partial charge on any atom is 0.162 e. The maximum atomic E-state index is 7.59. The van der Waals surface area contributed by atoms with Crippen molar-refractivity contribution < 1.29 is 9.47 Å². The highest BCUT2D eigenvalue weighted by molar-refractivity contribution is 5.99. The molecule has 0 aliphatic rings. The molecule has 0 atom stereocenters. The van der Waals surface area contributed by atoms with Gasteiger partial charge in [0.25, 0.3) is 0 Å². The van der Waals surface area contributed by atoms with Crippen molar-refractivity contribution in [2.24, 2.45) is 5.73 Å². The predicted molar refractivity (Wildman–Crippen MR) is 73.6 cm³/mol. The molecule has 0 saturated heterocycles. The Morgan fingerprint density at radius 2 is 2.05 bits per heavy atom. The fraction of sp³-hybridized carbons (Fsp3) is 0.583. The third-order valence-electron chi connectivity index (χ3n) is 2.63. The van der Waals surface area contributed by atoms with Crippen LogP contribution >= 0.6 is 0 Å². The summed E-state index contributed by atoms with van der Waals surface area (Å²) in [7, 11) is 3.32. The molecule has 0 fully saturated rings. The van der Waals surface area contributed by atoms with Crippen LogP contribution in [0.1, 0.15) is 12.0 Å². The van der Waals surface area contributed by atoms with Crippen LogP contribution in [0.5, 0.6) is 0 Å². The van der Waals surface area contributed by atoms with Gasteiger partial charge in [0.1, 0.15) is 5.84 Å². The number of amidine groups is 1. The number of nitrogens with one attached hydrogen (secondary N) is 1. The summed E-state index contributed by atoms with van der Waals surface area (Å²) in [4.78, 5) is 2.01. The highest BCUT2D eigenvalue weighted by Crippen LogP contribution is 2.15. The van der Waals surface area contributed by atoms with E-state index in [0.29, 0.717) is 31.1 Å². The Balaban J connectivity index is 2.85. The van der Waals surface area contributed by atoms with E-state index < -0.39 is 0 Å². The first-order valence-corrected chi connectivity index (χ1v) is 6.09. The topological polar surface area (TPSA) is 97.4 Å². The van der Waals surface area contributed by atoms with E-state index in [2.05, 4.69) is 10.2 Å². The molecule has 7 nitrogen and oxygen atoms in total. The van der Waals surface area contributed by atoms with Gasteiger partial charge in [-0.05, 0) is 12.5 Å². The maximum absolute atomic E-state index is 7.59. The molecule has 19 heavy (non-hydrogen) atoms. The summed E-state index contributed by atoms with van der Waals surface area (Å²) in [5.74, 6) is 0.599. The van der Waals surface area contributed by atoms with Gasteiger partial charge in [0.15, 0.2) is 5.82 Å². The molecule has 1 aromatic heterocycles. The lowest BCUT2D eigenvalue weighted by Crippen LogP contribution is -2.32. The first-order valence-electron chi connectivity index (χ1n) is 6.09. The van der Waals surface area contributed by atoms with Crippen molar-refractivity contribution in [1.29, 1.82) is 5.41 Å². The second kappa shape index (κ2) is 8.39. The minimum atomic E-state index is -0.0148. The van der Waals surface area contributed by atoms with Gasteiger partial charge in [-0.1, -0.05) is 0 Å². The summed E-state index contributed by atoms with van der Waals surface area (Å²) in [6.07, 6.45) is 2.39. The largest absolute Gasteiger partial charge is 0.385 e. The third-order valence-corrected chi connectivity index (χ3v) is 2.63. The molecular weight excluding hydrogens is 246 g/mol. The highest BCUT2D eigenvalue weighted by atomic mass is 16.5. The van der Waals surface area contributed by atoms with Gasteiger partial charge in [-0.25, -0.2) is 0 Å². The Morgan fingerprint density at radius 1 is 1.32 bits per heavy atom. The van der Waals surface area contributed by atoms with Gasteiger partial charge in [-0.3, -0.25) is 5.41 Å². The van der Waals surface area contributed by atoms with Crippen molar-refractivity contribution in [1.82, 2.24) is 10.2 Å². The molecule has 0 spiro atoms. The Labute approximate surface area is 113 Å². The number of rotatable bonds is 9. The van der Waals surface area contributed by atoms with Gasteiger partial charge in [0, 0.05) is 33.9 Å². The number of hydrogen-bond donors (Lipinski definition) is 2. The molecule has 0 aliphatic carbocycles. The quantitative estimate of drug-likeness (QED) is 0.378. The van der Waals surface area contributed by atoms with E-state index in [1.807, 2.05) is 4.90 Å². The molecule has 106 valence electrons. The van der Waals surface area contributed by atoms with Crippen molar-refractivity contribution in [3.8, 4) is 0 Å². The zero-order valence-electron chi connectivity index (χ0n) is 11.4. The van der Waals surface area contributed by atoms with Crippen LogP contribution in [0.4, 0.5) is 5.82 Å². The first-order chi connectivity index (χ1) is 9.20. The molecule has 0 amide bonds. The SMILES string of the molecule is COCCCN(CCOC)c1nnccc1C(=N)N. The second-order valence-electron chi connectivity index (χ2n) is 4.01. The van der Waals surface area contributed by atoms with Crippen LogP contribution in [0, 0.1) is 5.41 Å². The average Bonchev–Trinajstić information content (AvgIpc) is 2.42. The second-order valence-corrected chi connectivity index (χ2v) is 4.01. The summed E-state index contributed by atoms with van der Waals surface area (Å²) in [6, 6.07) is 1.70. The van der Waals surface area contributed by atoms with Gasteiger partial charge >= 0.3 is 0 Å². The van der Waals surface area contributed by atoms with Gasteiger partial charge in [-0.2, -0.15) is 5.10 Å². The van der Waals surface area contributed by atoms with Crippen LogP contribution in [0.3, 0.4) is 0 Å². The van der Waals surface area contributed by atoms with Crippen LogP contribution in [-0.4, -0.2) is 56.6 Å². The van der Waals surface area contributed by atoms with Gasteiger partial charge in [-0.15, -0.1) is 5.10 Å². The molecule has 1 heterocycles.